The summed E-state index contributed by atoms with van der Waals surface area (Å²) in [4.78, 5) is 11.6. The quantitative estimate of drug-likeness (QED) is 0.688. The predicted molar refractivity (Wildman–Crippen MR) is 71.9 cm³/mol. The number of ether oxygens (including phenoxy) is 1. The number of amides is 1. The average Bonchev–Trinajstić information content (AvgIpc) is 2.41. The van der Waals surface area contributed by atoms with Crippen molar-refractivity contribution in [3.05, 3.63) is 35.4 Å². The molecule has 0 fully saturated rings. The smallest absolute Gasteiger partial charge is 0.220 e. The number of hydrogen-bond acceptors (Lipinski definition) is 3. The predicted octanol–water partition coefficient (Wildman–Crippen LogP) is 1.58. The van der Waals surface area contributed by atoms with E-state index in [0.717, 1.165) is 17.5 Å². The Bertz CT molecular complexity index is 367. The summed E-state index contributed by atoms with van der Waals surface area (Å²) in [6.07, 6.45) is 1.27. The number of carbonyl (C=O) groups is 1. The third kappa shape index (κ3) is 5.29. The van der Waals surface area contributed by atoms with Crippen molar-refractivity contribution in [1.29, 1.82) is 0 Å². The first-order valence-corrected chi connectivity index (χ1v) is 6.39. The van der Waals surface area contributed by atoms with E-state index in [2.05, 4.69) is 5.32 Å². The van der Waals surface area contributed by atoms with E-state index in [0.29, 0.717) is 32.7 Å². The fourth-order valence-corrected chi connectivity index (χ4v) is 1.69. The van der Waals surface area contributed by atoms with Crippen molar-refractivity contribution >= 4 is 5.91 Å². The van der Waals surface area contributed by atoms with Gasteiger partial charge in [0.2, 0.25) is 5.91 Å². The van der Waals surface area contributed by atoms with Crippen LogP contribution in [0.3, 0.4) is 0 Å². The van der Waals surface area contributed by atoms with Crippen LogP contribution in [0.25, 0.3) is 0 Å². The van der Waals surface area contributed by atoms with Gasteiger partial charge in [-0.05, 0) is 24.5 Å². The van der Waals surface area contributed by atoms with Crippen molar-refractivity contribution in [2.24, 2.45) is 5.73 Å². The van der Waals surface area contributed by atoms with Gasteiger partial charge in [0.05, 0.1) is 0 Å². The lowest BCUT2D eigenvalue weighted by molar-refractivity contribution is -0.121. The molecule has 4 nitrogen and oxygen atoms in total. The Labute approximate surface area is 109 Å². The van der Waals surface area contributed by atoms with E-state index in [1.54, 1.807) is 0 Å². The second kappa shape index (κ2) is 8.66. The van der Waals surface area contributed by atoms with Gasteiger partial charge in [-0.15, -0.1) is 0 Å². The largest absolute Gasteiger partial charge is 0.382 e. The summed E-state index contributed by atoms with van der Waals surface area (Å²) in [6, 6.07) is 7.88. The van der Waals surface area contributed by atoms with Gasteiger partial charge in [0.25, 0.3) is 0 Å². The zero-order valence-corrected chi connectivity index (χ0v) is 10.9. The summed E-state index contributed by atoms with van der Waals surface area (Å²) in [5, 5.41) is 2.90. The second-order valence-electron chi connectivity index (χ2n) is 4.05. The summed E-state index contributed by atoms with van der Waals surface area (Å²) in [7, 11) is 0. The molecule has 0 saturated carbocycles. The molecule has 0 spiro atoms. The lowest BCUT2D eigenvalue weighted by atomic mass is 10.1. The van der Waals surface area contributed by atoms with Crippen molar-refractivity contribution in [1.82, 2.24) is 5.32 Å². The van der Waals surface area contributed by atoms with Crippen LogP contribution >= 0.6 is 0 Å². The number of carbonyl (C=O) groups excluding carboxylic acids is 1. The van der Waals surface area contributed by atoms with Crippen LogP contribution in [0.1, 0.15) is 30.9 Å². The first-order valence-electron chi connectivity index (χ1n) is 6.39. The molecular weight excluding hydrogens is 228 g/mol. The molecular formula is C14H22N2O2. The number of benzene rings is 1. The molecule has 0 aliphatic heterocycles. The molecule has 0 heterocycles. The highest BCUT2D eigenvalue weighted by molar-refractivity contribution is 5.75. The summed E-state index contributed by atoms with van der Waals surface area (Å²) < 4.78 is 5.19. The number of hydrogen-bond donors (Lipinski definition) is 2. The molecule has 4 heteroatoms. The molecule has 18 heavy (non-hydrogen) atoms. The molecule has 0 bridgehead atoms. The Kier molecular flexibility index (Phi) is 7.06. The standard InChI is InChI=1S/C14H22N2O2/c1-2-18-9-5-8-14(17)16-11-13-7-4-3-6-12(13)10-15/h3-4,6-7H,2,5,8-11,15H2,1H3,(H,16,17). The highest BCUT2D eigenvalue weighted by Gasteiger charge is 2.03. The Hall–Kier alpha value is -1.39. The van der Waals surface area contributed by atoms with Gasteiger partial charge in [-0.25, -0.2) is 0 Å². The van der Waals surface area contributed by atoms with Crippen LogP contribution < -0.4 is 11.1 Å². The first-order chi connectivity index (χ1) is 8.77. The maximum Gasteiger partial charge on any atom is 0.220 e. The molecule has 0 radical (unpaired) electrons. The summed E-state index contributed by atoms with van der Waals surface area (Å²) >= 11 is 0. The van der Waals surface area contributed by atoms with Crippen LogP contribution in [-0.2, 0) is 22.6 Å². The molecule has 0 aromatic heterocycles. The highest BCUT2D eigenvalue weighted by atomic mass is 16.5. The molecule has 0 aliphatic carbocycles. The van der Waals surface area contributed by atoms with Crippen LogP contribution in [-0.4, -0.2) is 19.1 Å². The molecule has 0 atom stereocenters. The fourth-order valence-electron chi connectivity index (χ4n) is 1.69. The minimum absolute atomic E-state index is 0.0570. The Balaban J connectivity index is 2.29. The maximum atomic E-state index is 11.6. The van der Waals surface area contributed by atoms with Crippen molar-refractivity contribution in [3.8, 4) is 0 Å². The van der Waals surface area contributed by atoms with Gasteiger partial charge >= 0.3 is 0 Å². The van der Waals surface area contributed by atoms with Gasteiger partial charge in [-0.1, -0.05) is 24.3 Å². The minimum Gasteiger partial charge on any atom is -0.382 e. The SMILES string of the molecule is CCOCCCC(=O)NCc1ccccc1CN. The second-order valence-corrected chi connectivity index (χ2v) is 4.05. The van der Waals surface area contributed by atoms with Crippen molar-refractivity contribution in [2.75, 3.05) is 13.2 Å². The highest BCUT2D eigenvalue weighted by Crippen LogP contribution is 2.07. The van der Waals surface area contributed by atoms with Crippen LogP contribution in [0.4, 0.5) is 0 Å². The Morgan fingerprint density at radius 3 is 2.72 bits per heavy atom. The zero-order chi connectivity index (χ0) is 13.2. The van der Waals surface area contributed by atoms with E-state index in [9.17, 15) is 4.79 Å². The number of nitrogens with one attached hydrogen (secondary N) is 1. The van der Waals surface area contributed by atoms with E-state index in [-0.39, 0.29) is 5.91 Å². The summed E-state index contributed by atoms with van der Waals surface area (Å²) in [5.74, 6) is 0.0570. The van der Waals surface area contributed by atoms with Gasteiger partial charge in [0.1, 0.15) is 0 Å². The molecule has 0 unspecified atom stereocenters. The fraction of sp³-hybridized carbons (Fsp3) is 0.500. The van der Waals surface area contributed by atoms with E-state index in [4.69, 9.17) is 10.5 Å². The molecule has 1 aromatic rings. The number of rotatable bonds is 8. The van der Waals surface area contributed by atoms with Gasteiger partial charge in [-0.2, -0.15) is 0 Å². The van der Waals surface area contributed by atoms with E-state index >= 15 is 0 Å². The van der Waals surface area contributed by atoms with Gasteiger partial charge in [0.15, 0.2) is 0 Å². The van der Waals surface area contributed by atoms with Crippen LogP contribution in [0.2, 0.25) is 0 Å². The van der Waals surface area contributed by atoms with Crippen LogP contribution in [0.5, 0.6) is 0 Å². The summed E-state index contributed by atoms with van der Waals surface area (Å²) in [5.41, 5.74) is 7.80. The Morgan fingerprint density at radius 1 is 1.33 bits per heavy atom. The maximum absolute atomic E-state index is 11.6. The normalized spacial score (nSPS) is 10.3. The molecule has 100 valence electrons. The third-order valence-corrected chi connectivity index (χ3v) is 2.71. The first kappa shape index (κ1) is 14.7. The number of nitrogens with two attached hydrogens (primary N) is 1. The summed E-state index contributed by atoms with van der Waals surface area (Å²) in [6.45, 7) is 4.33. The molecule has 3 N–H and O–H groups in total. The zero-order valence-electron chi connectivity index (χ0n) is 10.9. The molecule has 1 aromatic carbocycles. The lowest BCUT2D eigenvalue weighted by Crippen LogP contribution is -2.23. The third-order valence-electron chi connectivity index (χ3n) is 2.71. The topological polar surface area (TPSA) is 64.3 Å². The Morgan fingerprint density at radius 2 is 2.06 bits per heavy atom. The molecule has 1 amide bonds. The van der Waals surface area contributed by atoms with Crippen molar-refractivity contribution in [2.45, 2.75) is 32.9 Å². The average molecular weight is 250 g/mol. The van der Waals surface area contributed by atoms with Gasteiger partial charge < -0.3 is 15.8 Å². The van der Waals surface area contributed by atoms with Crippen LogP contribution in [0, 0.1) is 0 Å². The molecule has 0 saturated heterocycles. The molecule has 1 rings (SSSR count). The van der Waals surface area contributed by atoms with E-state index in [1.165, 1.54) is 0 Å². The van der Waals surface area contributed by atoms with Gasteiger partial charge in [-0.3, -0.25) is 4.79 Å². The van der Waals surface area contributed by atoms with Crippen LogP contribution in [0.15, 0.2) is 24.3 Å². The van der Waals surface area contributed by atoms with Gasteiger partial charge in [0, 0.05) is 32.7 Å². The minimum atomic E-state index is 0.0570. The monoisotopic (exact) mass is 250 g/mol. The molecule has 0 aliphatic rings. The lowest BCUT2D eigenvalue weighted by Gasteiger charge is -2.09. The van der Waals surface area contributed by atoms with E-state index in [1.807, 2.05) is 31.2 Å². The van der Waals surface area contributed by atoms with Crippen molar-refractivity contribution < 1.29 is 9.53 Å². The van der Waals surface area contributed by atoms with E-state index < -0.39 is 0 Å². The van der Waals surface area contributed by atoms with Crippen molar-refractivity contribution in [3.63, 3.8) is 0 Å².